The van der Waals surface area contributed by atoms with Crippen LogP contribution in [-0.4, -0.2) is 23.0 Å². The number of rotatable bonds is 7. The highest BCUT2D eigenvalue weighted by atomic mass is 79.9. The van der Waals surface area contributed by atoms with Crippen LogP contribution in [0.4, 0.5) is 0 Å². The Balaban J connectivity index is 1.47. The zero-order valence-electron chi connectivity index (χ0n) is 22.1. The van der Waals surface area contributed by atoms with Gasteiger partial charge in [-0.2, -0.15) is 9.78 Å². The van der Waals surface area contributed by atoms with Crippen LogP contribution in [0.3, 0.4) is 0 Å². The molecule has 0 radical (unpaired) electrons. The number of aromatic nitrogens is 2. The molecule has 9 heteroatoms. The maximum absolute atomic E-state index is 13.7. The summed E-state index contributed by atoms with van der Waals surface area (Å²) in [5, 5.41) is 6.30. The third-order valence-electron chi connectivity index (χ3n) is 6.54. The van der Waals surface area contributed by atoms with E-state index in [0.29, 0.717) is 50.9 Å². The molecule has 0 aliphatic heterocycles. The van der Waals surface area contributed by atoms with Crippen molar-refractivity contribution in [3.05, 3.63) is 121 Å². The number of hydrogen-bond acceptors (Lipinski definition) is 6. The zero-order chi connectivity index (χ0) is 28.5. The Morgan fingerprint density at radius 2 is 1.85 bits per heavy atom. The fourth-order valence-corrected chi connectivity index (χ4v) is 5.06. The van der Waals surface area contributed by atoms with Crippen LogP contribution in [0.1, 0.15) is 16.7 Å². The largest absolute Gasteiger partial charge is 0.493 e. The fourth-order valence-electron chi connectivity index (χ4n) is 4.47. The molecule has 0 unspecified atom stereocenters. The van der Waals surface area contributed by atoms with Crippen LogP contribution in [0.15, 0.2) is 104 Å². The second kappa shape index (κ2) is 11.2. The van der Waals surface area contributed by atoms with Crippen molar-refractivity contribution in [2.75, 3.05) is 7.11 Å². The SMILES string of the molecule is COc1cc(Cl)cc(C=Nn2c(-c3cc4cc(Br)ccc4o3)nc3ccccc3c2=O)c1OCc1ccc(C)cc1. The molecule has 204 valence electrons. The molecule has 0 N–H and O–H groups in total. The quantitative estimate of drug-likeness (QED) is 0.167. The van der Waals surface area contributed by atoms with E-state index in [1.807, 2.05) is 61.5 Å². The third kappa shape index (κ3) is 5.49. The third-order valence-corrected chi connectivity index (χ3v) is 7.25. The van der Waals surface area contributed by atoms with Gasteiger partial charge in [0.1, 0.15) is 12.2 Å². The van der Waals surface area contributed by atoms with Crippen LogP contribution < -0.4 is 15.0 Å². The van der Waals surface area contributed by atoms with Crippen LogP contribution in [0.2, 0.25) is 5.02 Å². The van der Waals surface area contributed by atoms with Crippen molar-refractivity contribution in [2.24, 2.45) is 5.10 Å². The number of nitrogens with zero attached hydrogens (tertiary/aromatic N) is 3. The molecular formula is C32H23BrClN3O4. The Bertz CT molecular complexity index is 2000. The monoisotopic (exact) mass is 627 g/mol. The normalized spacial score (nSPS) is 11.5. The Morgan fingerprint density at radius 3 is 2.66 bits per heavy atom. The Morgan fingerprint density at radius 1 is 1.05 bits per heavy atom. The van der Waals surface area contributed by atoms with E-state index >= 15 is 0 Å². The summed E-state index contributed by atoms with van der Waals surface area (Å²) in [7, 11) is 1.54. The predicted octanol–water partition coefficient (Wildman–Crippen LogP) is 8.00. The van der Waals surface area contributed by atoms with Gasteiger partial charge >= 0.3 is 0 Å². The van der Waals surface area contributed by atoms with E-state index in [-0.39, 0.29) is 11.4 Å². The van der Waals surface area contributed by atoms with Crippen LogP contribution >= 0.6 is 27.5 Å². The summed E-state index contributed by atoms with van der Waals surface area (Å²) in [4.78, 5) is 18.5. The Hall–Kier alpha value is -4.40. The lowest BCUT2D eigenvalue weighted by molar-refractivity contribution is 0.284. The van der Waals surface area contributed by atoms with E-state index in [1.54, 1.807) is 37.4 Å². The molecule has 7 nitrogen and oxygen atoms in total. The summed E-state index contributed by atoms with van der Waals surface area (Å²) in [5.41, 5.74) is 3.53. The van der Waals surface area contributed by atoms with E-state index < -0.39 is 0 Å². The lowest BCUT2D eigenvalue weighted by Gasteiger charge is -2.14. The van der Waals surface area contributed by atoms with Gasteiger partial charge < -0.3 is 13.9 Å². The molecule has 0 aliphatic carbocycles. The molecule has 0 aliphatic rings. The molecule has 0 saturated heterocycles. The summed E-state index contributed by atoms with van der Waals surface area (Å²) >= 11 is 9.91. The molecule has 2 heterocycles. The molecular weight excluding hydrogens is 606 g/mol. The number of methoxy groups -OCH3 is 1. The van der Waals surface area contributed by atoms with E-state index in [4.69, 9.17) is 30.5 Å². The minimum absolute atomic E-state index is 0.258. The first-order valence-electron chi connectivity index (χ1n) is 12.7. The first-order valence-corrected chi connectivity index (χ1v) is 13.9. The van der Waals surface area contributed by atoms with Crippen molar-refractivity contribution in [3.63, 3.8) is 0 Å². The standard InChI is InChI=1S/C32H23BrClN3O4/c1-19-7-9-20(10-8-19)18-40-30-22(14-24(34)16-28(30)39-2)17-35-37-31(36-26-6-4-3-5-25(26)32(37)38)29-15-21-13-23(33)11-12-27(21)41-29/h3-17H,18H2,1-2H3. The van der Waals surface area contributed by atoms with E-state index in [2.05, 4.69) is 21.0 Å². The lowest BCUT2D eigenvalue weighted by Crippen LogP contribution is -2.20. The van der Waals surface area contributed by atoms with Crippen LogP contribution in [0.5, 0.6) is 11.5 Å². The minimum atomic E-state index is -0.348. The average Bonchev–Trinajstić information content (AvgIpc) is 3.39. The van der Waals surface area contributed by atoms with Gasteiger partial charge in [-0.25, -0.2) is 4.98 Å². The van der Waals surface area contributed by atoms with Gasteiger partial charge in [-0.3, -0.25) is 4.79 Å². The molecule has 0 fully saturated rings. The summed E-state index contributed by atoms with van der Waals surface area (Å²) in [5.74, 6) is 1.54. The van der Waals surface area contributed by atoms with Gasteiger partial charge in [0.15, 0.2) is 17.3 Å². The predicted molar refractivity (Wildman–Crippen MR) is 165 cm³/mol. The van der Waals surface area contributed by atoms with Crippen molar-refractivity contribution in [1.82, 2.24) is 9.66 Å². The molecule has 0 bridgehead atoms. The molecule has 0 saturated carbocycles. The van der Waals surface area contributed by atoms with Gasteiger partial charge in [0.2, 0.25) is 5.82 Å². The lowest BCUT2D eigenvalue weighted by atomic mass is 10.1. The molecule has 4 aromatic carbocycles. The van der Waals surface area contributed by atoms with Crippen molar-refractivity contribution in [1.29, 1.82) is 0 Å². The summed E-state index contributed by atoms with van der Waals surface area (Å²) in [6, 6.07) is 26.1. The number of ether oxygens (including phenoxy) is 2. The Labute approximate surface area is 248 Å². The second-order valence-corrected chi connectivity index (χ2v) is 10.8. The molecule has 6 rings (SSSR count). The second-order valence-electron chi connectivity index (χ2n) is 9.41. The number of aryl methyl sites for hydroxylation is 1. The van der Waals surface area contributed by atoms with E-state index in [9.17, 15) is 4.79 Å². The highest BCUT2D eigenvalue weighted by Gasteiger charge is 2.18. The van der Waals surface area contributed by atoms with Gasteiger partial charge in [0, 0.05) is 26.5 Å². The number of para-hydroxylation sites is 1. The highest BCUT2D eigenvalue weighted by Crippen LogP contribution is 2.35. The average molecular weight is 629 g/mol. The first-order chi connectivity index (χ1) is 19.9. The summed E-state index contributed by atoms with van der Waals surface area (Å²) < 4.78 is 20.0. The molecule has 0 amide bonds. The highest BCUT2D eigenvalue weighted by molar-refractivity contribution is 9.10. The molecule has 0 atom stereocenters. The topological polar surface area (TPSA) is 78.9 Å². The van der Waals surface area contributed by atoms with Gasteiger partial charge in [0.25, 0.3) is 5.56 Å². The number of halogens is 2. The number of fused-ring (bicyclic) bond motifs is 2. The van der Waals surface area contributed by atoms with Crippen LogP contribution in [-0.2, 0) is 6.61 Å². The number of furan rings is 1. The van der Waals surface area contributed by atoms with Crippen LogP contribution in [0, 0.1) is 6.92 Å². The number of hydrogen-bond donors (Lipinski definition) is 0. The summed E-state index contributed by atoms with van der Waals surface area (Å²) in [6.45, 7) is 2.33. The number of benzene rings is 4. The fraction of sp³-hybridized carbons (Fsp3) is 0.0938. The van der Waals surface area contributed by atoms with Crippen LogP contribution in [0.25, 0.3) is 33.5 Å². The van der Waals surface area contributed by atoms with Crippen molar-refractivity contribution < 1.29 is 13.9 Å². The molecule has 6 aromatic rings. The summed E-state index contributed by atoms with van der Waals surface area (Å²) in [6.07, 6.45) is 1.51. The van der Waals surface area contributed by atoms with Gasteiger partial charge in [0.05, 0.1) is 24.2 Å². The molecule has 41 heavy (non-hydrogen) atoms. The van der Waals surface area contributed by atoms with Gasteiger partial charge in [-0.1, -0.05) is 69.5 Å². The van der Waals surface area contributed by atoms with E-state index in [0.717, 1.165) is 21.0 Å². The smallest absolute Gasteiger partial charge is 0.282 e. The Kier molecular flexibility index (Phi) is 7.34. The first kappa shape index (κ1) is 26.8. The van der Waals surface area contributed by atoms with Gasteiger partial charge in [-0.05, 0) is 55.0 Å². The maximum Gasteiger partial charge on any atom is 0.282 e. The van der Waals surface area contributed by atoms with Crippen molar-refractivity contribution in [2.45, 2.75) is 13.5 Å². The zero-order valence-corrected chi connectivity index (χ0v) is 24.4. The molecule has 2 aromatic heterocycles. The maximum atomic E-state index is 13.7. The van der Waals surface area contributed by atoms with Crippen molar-refractivity contribution >= 4 is 55.6 Å². The van der Waals surface area contributed by atoms with E-state index in [1.165, 1.54) is 10.9 Å². The van der Waals surface area contributed by atoms with Crippen molar-refractivity contribution in [3.8, 4) is 23.1 Å². The van der Waals surface area contributed by atoms with Gasteiger partial charge in [-0.15, -0.1) is 0 Å². The molecule has 0 spiro atoms. The minimum Gasteiger partial charge on any atom is -0.493 e.